The van der Waals surface area contributed by atoms with Gasteiger partial charge in [0.2, 0.25) is 0 Å². The fourth-order valence-electron chi connectivity index (χ4n) is 3.50. The fraction of sp³-hybridized carbons (Fsp3) is 0.500. The van der Waals surface area contributed by atoms with Crippen molar-refractivity contribution >= 4 is 23.2 Å². The molecule has 3 N–H and O–H groups in total. The average Bonchev–Trinajstić information content (AvgIpc) is 3.50. The number of ether oxygens (including phenoxy) is 3. The van der Waals surface area contributed by atoms with Crippen LogP contribution < -0.4 is 10.6 Å². The number of carbonyl (C=O) groups is 1. The van der Waals surface area contributed by atoms with Gasteiger partial charge in [-0.15, -0.1) is 13.2 Å². The molecule has 0 saturated carbocycles. The number of anilines is 2. The lowest BCUT2D eigenvalue weighted by molar-refractivity contribution is -0.330. The summed E-state index contributed by atoms with van der Waals surface area (Å²) in [7, 11) is 0. The molecule has 0 spiro atoms. The van der Waals surface area contributed by atoms with Gasteiger partial charge in [-0.3, -0.25) is 9.84 Å². The number of nitrogens with zero attached hydrogens (tertiary/aromatic N) is 4. The summed E-state index contributed by atoms with van der Waals surface area (Å²) in [6, 6.07) is 2.29. The Hall–Kier alpha value is -3.60. The number of hydrogen-bond donors (Lipinski definition) is 3. The molecule has 0 aromatic carbocycles. The number of aromatic amines is 1. The summed E-state index contributed by atoms with van der Waals surface area (Å²) < 4.78 is 93.8. The molecule has 11 nitrogen and oxygen atoms in total. The van der Waals surface area contributed by atoms with Gasteiger partial charge in [0.05, 0.1) is 24.2 Å². The molecule has 3 aromatic rings. The second kappa shape index (κ2) is 10.4. The van der Waals surface area contributed by atoms with Gasteiger partial charge in [0.1, 0.15) is 23.9 Å². The van der Waals surface area contributed by atoms with Crippen LogP contribution in [-0.4, -0.2) is 62.2 Å². The molecule has 1 aliphatic rings. The van der Waals surface area contributed by atoms with Crippen molar-refractivity contribution in [2.24, 2.45) is 0 Å². The van der Waals surface area contributed by atoms with E-state index in [4.69, 9.17) is 9.47 Å². The van der Waals surface area contributed by atoms with Crippen molar-refractivity contribution in [3.05, 3.63) is 35.4 Å². The predicted octanol–water partition coefficient (Wildman–Crippen LogP) is 4.08. The standard InChI is InChI=1S/C20H21F6N7O4/c1-8(2)27-19(34)37-13-7-35-16(15(13)21)10-4-14(31-30-10)29-18-12-3-9(6-36-20(24,25)26)32-33(12)5-11(28-18)17(22)23/h3-5,8,13,15-17H,6-7H2,1-2H3,(H,27,34)(H2,28,29,30,31)/t13-,15+,16-/m1/s1. The van der Waals surface area contributed by atoms with E-state index in [-0.39, 0.29) is 41.2 Å². The largest absolute Gasteiger partial charge is 0.522 e. The Labute approximate surface area is 204 Å². The lowest BCUT2D eigenvalue weighted by Crippen LogP contribution is -2.36. The van der Waals surface area contributed by atoms with Gasteiger partial charge in [-0.25, -0.2) is 27.5 Å². The van der Waals surface area contributed by atoms with E-state index >= 15 is 0 Å². The maximum Gasteiger partial charge on any atom is 0.522 e. The number of halogens is 6. The lowest BCUT2D eigenvalue weighted by Gasteiger charge is -2.16. The third-order valence-electron chi connectivity index (χ3n) is 5.03. The highest BCUT2D eigenvalue weighted by atomic mass is 19.4. The number of nitrogens with one attached hydrogen (secondary N) is 3. The number of H-pyrrole nitrogens is 1. The first kappa shape index (κ1) is 26.5. The third-order valence-corrected chi connectivity index (χ3v) is 5.03. The Kier molecular flexibility index (Phi) is 7.44. The minimum Gasteiger partial charge on any atom is -0.441 e. The molecule has 4 rings (SSSR count). The maximum atomic E-state index is 14.9. The number of alkyl halides is 6. The molecule has 0 unspecified atom stereocenters. The van der Waals surface area contributed by atoms with E-state index in [0.717, 1.165) is 10.7 Å². The Morgan fingerprint density at radius 2 is 2.08 bits per heavy atom. The van der Waals surface area contributed by atoms with Crippen LogP contribution in [0.15, 0.2) is 18.3 Å². The zero-order chi connectivity index (χ0) is 26.9. The van der Waals surface area contributed by atoms with Crippen LogP contribution in [0.1, 0.15) is 43.5 Å². The topological polar surface area (TPSA) is 128 Å². The van der Waals surface area contributed by atoms with Crippen LogP contribution >= 0.6 is 0 Å². The lowest BCUT2D eigenvalue weighted by atomic mass is 10.1. The number of aromatic nitrogens is 5. The highest BCUT2D eigenvalue weighted by Gasteiger charge is 2.42. The van der Waals surface area contributed by atoms with Gasteiger partial charge in [-0.1, -0.05) is 0 Å². The second-order valence-electron chi connectivity index (χ2n) is 8.29. The van der Waals surface area contributed by atoms with Crippen LogP contribution in [0.25, 0.3) is 5.52 Å². The van der Waals surface area contributed by atoms with Gasteiger partial charge in [0.15, 0.2) is 23.9 Å². The number of carbonyl (C=O) groups excluding carboxylic acids is 1. The van der Waals surface area contributed by atoms with Crippen LogP contribution in [0.4, 0.5) is 42.8 Å². The van der Waals surface area contributed by atoms with Crippen molar-refractivity contribution in [1.82, 2.24) is 30.1 Å². The van der Waals surface area contributed by atoms with Crippen LogP contribution in [0, 0.1) is 0 Å². The Bertz CT molecular complexity index is 1250. The van der Waals surface area contributed by atoms with Crippen molar-refractivity contribution in [2.75, 3.05) is 11.9 Å². The Balaban J connectivity index is 1.51. The minimum atomic E-state index is -4.91. The molecular formula is C20H21F6N7O4. The molecule has 202 valence electrons. The predicted molar refractivity (Wildman–Crippen MR) is 113 cm³/mol. The zero-order valence-electron chi connectivity index (χ0n) is 19.2. The molecule has 1 amide bonds. The smallest absolute Gasteiger partial charge is 0.441 e. The number of rotatable bonds is 8. The normalized spacial score (nSPS) is 20.2. The summed E-state index contributed by atoms with van der Waals surface area (Å²) in [5, 5.41) is 15.5. The highest BCUT2D eigenvalue weighted by Crippen LogP contribution is 2.34. The second-order valence-corrected chi connectivity index (χ2v) is 8.29. The van der Waals surface area contributed by atoms with E-state index in [1.165, 1.54) is 12.1 Å². The fourth-order valence-corrected chi connectivity index (χ4v) is 3.50. The SMILES string of the molecule is CC(C)NC(=O)O[C@@H]1CO[C@H](c2cc(Nc3nc(C(F)F)cn4nc(COC(F)(F)F)cc34)n[nH]2)[C@H]1F. The quantitative estimate of drug-likeness (QED) is 0.367. The summed E-state index contributed by atoms with van der Waals surface area (Å²) in [5.41, 5.74) is -0.692. The van der Waals surface area contributed by atoms with Gasteiger partial charge >= 0.3 is 12.5 Å². The van der Waals surface area contributed by atoms with Crippen molar-refractivity contribution in [2.45, 2.75) is 57.7 Å². The molecule has 3 aromatic heterocycles. The number of fused-ring (bicyclic) bond motifs is 1. The van der Waals surface area contributed by atoms with Crippen molar-refractivity contribution in [3.8, 4) is 0 Å². The van der Waals surface area contributed by atoms with E-state index in [1.807, 2.05) is 0 Å². The Morgan fingerprint density at radius 3 is 2.76 bits per heavy atom. The monoisotopic (exact) mass is 537 g/mol. The van der Waals surface area contributed by atoms with Gasteiger partial charge in [-0.2, -0.15) is 10.2 Å². The number of hydrogen-bond acceptors (Lipinski definition) is 8. The third kappa shape index (κ3) is 6.40. The van der Waals surface area contributed by atoms with Gasteiger partial charge < -0.3 is 20.1 Å². The van der Waals surface area contributed by atoms with E-state index in [0.29, 0.717) is 0 Å². The molecule has 0 radical (unpaired) electrons. The molecule has 1 saturated heterocycles. The molecule has 4 heterocycles. The van der Waals surface area contributed by atoms with Crippen molar-refractivity contribution in [1.29, 1.82) is 0 Å². The van der Waals surface area contributed by atoms with E-state index < -0.39 is 49.6 Å². The van der Waals surface area contributed by atoms with Crippen LogP contribution in [0.5, 0.6) is 0 Å². The van der Waals surface area contributed by atoms with E-state index in [2.05, 4.69) is 35.7 Å². The summed E-state index contributed by atoms with van der Waals surface area (Å²) in [4.78, 5) is 15.6. The molecule has 3 atom stereocenters. The first-order valence-electron chi connectivity index (χ1n) is 10.8. The summed E-state index contributed by atoms with van der Waals surface area (Å²) in [6.45, 7) is 2.26. The van der Waals surface area contributed by atoms with Gasteiger partial charge in [0, 0.05) is 12.1 Å². The molecule has 0 aliphatic carbocycles. The van der Waals surface area contributed by atoms with Gasteiger partial charge in [0.25, 0.3) is 6.43 Å². The summed E-state index contributed by atoms with van der Waals surface area (Å²) in [5.74, 6) is -0.180. The molecule has 37 heavy (non-hydrogen) atoms. The minimum absolute atomic E-state index is 0.0165. The Morgan fingerprint density at radius 1 is 1.32 bits per heavy atom. The van der Waals surface area contributed by atoms with Crippen LogP contribution in [0.2, 0.25) is 0 Å². The first-order valence-corrected chi connectivity index (χ1v) is 10.8. The summed E-state index contributed by atoms with van der Waals surface area (Å²) >= 11 is 0. The molecular weight excluding hydrogens is 516 g/mol. The highest BCUT2D eigenvalue weighted by molar-refractivity contribution is 5.72. The molecule has 1 aliphatic heterocycles. The van der Waals surface area contributed by atoms with Crippen molar-refractivity contribution < 1.29 is 45.3 Å². The van der Waals surface area contributed by atoms with E-state index in [1.54, 1.807) is 13.8 Å². The molecule has 17 heteroatoms. The number of alkyl carbamates (subject to hydrolysis) is 1. The molecule has 0 bridgehead atoms. The van der Waals surface area contributed by atoms with Crippen LogP contribution in [-0.2, 0) is 20.8 Å². The molecule has 1 fully saturated rings. The average molecular weight is 537 g/mol. The summed E-state index contributed by atoms with van der Waals surface area (Å²) in [6.07, 6.45) is -11.9. The van der Waals surface area contributed by atoms with Crippen molar-refractivity contribution in [3.63, 3.8) is 0 Å². The zero-order valence-corrected chi connectivity index (χ0v) is 19.2. The maximum absolute atomic E-state index is 14.9. The van der Waals surface area contributed by atoms with Gasteiger partial charge in [-0.05, 0) is 19.9 Å². The number of amides is 1. The van der Waals surface area contributed by atoms with E-state index in [9.17, 15) is 31.1 Å². The van der Waals surface area contributed by atoms with Crippen LogP contribution in [0.3, 0.4) is 0 Å². The first-order chi connectivity index (χ1) is 17.4.